The molecule has 9 aromatic rings. The Morgan fingerprint density at radius 1 is 0.296 bits per heavy atom. The molecule has 0 atom stereocenters. The largest absolute Gasteiger partial charge is 0.0622 e. The summed E-state index contributed by atoms with van der Waals surface area (Å²) in [5, 5.41) is 7.89. The van der Waals surface area contributed by atoms with Gasteiger partial charge in [0, 0.05) is 10.8 Å². The zero-order valence-electron chi connectivity index (χ0n) is 31.2. The molecule has 2 aliphatic rings. The molecule has 0 N–H and O–H groups in total. The summed E-state index contributed by atoms with van der Waals surface area (Å²) in [6.07, 6.45) is 0. The standard InChI is InChI=1S/C54H40/c1-53(2)48-30-40(37-20-19-35-17-11-12-18-36(35)27-37)23-26-43(48)44-31-50-47(32-49(44)53)51-45-28-38(33-13-7-5-8-14-33)21-24-41(45)42-25-22-39(34-15-9-6-10-16-34)29-46(42)52(51)54(50,3)4/h5-32H,1-4H3. The summed E-state index contributed by atoms with van der Waals surface area (Å²) < 4.78 is 0. The van der Waals surface area contributed by atoms with Gasteiger partial charge in [0.2, 0.25) is 0 Å². The Balaban J connectivity index is 1.15. The minimum absolute atomic E-state index is 0.151. The fourth-order valence-electron chi connectivity index (χ4n) is 9.98. The first-order valence-corrected chi connectivity index (χ1v) is 19.3. The summed E-state index contributed by atoms with van der Waals surface area (Å²) in [5.41, 5.74) is 18.4. The van der Waals surface area contributed by atoms with Crippen LogP contribution in [0.3, 0.4) is 0 Å². The molecule has 2 aliphatic carbocycles. The molecule has 0 heterocycles. The molecule has 0 aromatic heterocycles. The van der Waals surface area contributed by atoms with E-state index in [1.165, 1.54) is 110 Å². The third kappa shape index (κ3) is 4.37. The van der Waals surface area contributed by atoms with Crippen LogP contribution in [0.5, 0.6) is 0 Å². The highest BCUT2D eigenvalue weighted by atomic mass is 14.5. The van der Waals surface area contributed by atoms with Gasteiger partial charge in [0.1, 0.15) is 0 Å². The first-order valence-electron chi connectivity index (χ1n) is 19.3. The maximum atomic E-state index is 2.58. The van der Waals surface area contributed by atoms with E-state index >= 15 is 0 Å². The van der Waals surface area contributed by atoms with Crippen LogP contribution in [0.1, 0.15) is 49.9 Å². The van der Waals surface area contributed by atoms with Gasteiger partial charge < -0.3 is 0 Å². The average molecular weight is 689 g/mol. The van der Waals surface area contributed by atoms with Crippen LogP contribution < -0.4 is 0 Å². The number of hydrogen-bond donors (Lipinski definition) is 0. The number of benzene rings is 9. The Labute approximate surface area is 317 Å². The van der Waals surface area contributed by atoms with Crippen molar-refractivity contribution in [3.8, 4) is 55.6 Å². The van der Waals surface area contributed by atoms with E-state index < -0.39 is 0 Å². The third-order valence-corrected chi connectivity index (χ3v) is 12.8. The van der Waals surface area contributed by atoms with Crippen molar-refractivity contribution in [2.75, 3.05) is 0 Å². The Bertz CT molecular complexity index is 3010. The van der Waals surface area contributed by atoms with Crippen molar-refractivity contribution in [1.82, 2.24) is 0 Å². The van der Waals surface area contributed by atoms with Crippen molar-refractivity contribution in [1.29, 1.82) is 0 Å². The molecule has 0 spiro atoms. The molecule has 0 radical (unpaired) electrons. The predicted molar refractivity (Wildman–Crippen MR) is 230 cm³/mol. The summed E-state index contributed by atoms with van der Waals surface area (Å²) >= 11 is 0. The van der Waals surface area contributed by atoms with E-state index in [1.54, 1.807) is 0 Å². The van der Waals surface area contributed by atoms with Crippen molar-refractivity contribution < 1.29 is 0 Å². The second-order valence-electron chi connectivity index (χ2n) is 16.5. The molecular formula is C54H40. The van der Waals surface area contributed by atoms with Crippen LogP contribution in [-0.2, 0) is 10.8 Å². The molecule has 0 fully saturated rings. The molecular weight excluding hydrogens is 649 g/mol. The monoisotopic (exact) mass is 688 g/mol. The fourth-order valence-corrected chi connectivity index (χ4v) is 9.98. The Morgan fingerprint density at radius 3 is 1.50 bits per heavy atom. The molecule has 0 heteroatoms. The van der Waals surface area contributed by atoms with Gasteiger partial charge in [0.25, 0.3) is 0 Å². The molecule has 0 bridgehead atoms. The van der Waals surface area contributed by atoms with Crippen molar-refractivity contribution in [3.63, 3.8) is 0 Å². The SMILES string of the molecule is CC1(C)c2cc(-c3ccc4ccccc4c3)ccc2-c2cc3c(cc21)-c1c(c2cc(-c4ccccc4)ccc2c2ccc(-c4ccccc4)cc12)C3(C)C. The van der Waals surface area contributed by atoms with Gasteiger partial charge in [-0.2, -0.15) is 0 Å². The van der Waals surface area contributed by atoms with Crippen molar-refractivity contribution in [2.24, 2.45) is 0 Å². The number of rotatable bonds is 3. The van der Waals surface area contributed by atoms with Crippen LogP contribution >= 0.6 is 0 Å². The van der Waals surface area contributed by atoms with E-state index in [1.807, 2.05) is 0 Å². The second-order valence-corrected chi connectivity index (χ2v) is 16.5. The van der Waals surface area contributed by atoms with Gasteiger partial charge in [0.15, 0.2) is 0 Å². The zero-order valence-corrected chi connectivity index (χ0v) is 31.2. The van der Waals surface area contributed by atoms with E-state index in [4.69, 9.17) is 0 Å². The summed E-state index contributed by atoms with van der Waals surface area (Å²) in [6, 6.07) is 63.8. The van der Waals surface area contributed by atoms with Crippen LogP contribution in [0.15, 0.2) is 170 Å². The molecule has 0 unspecified atom stereocenters. The van der Waals surface area contributed by atoms with Gasteiger partial charge in [-0.25, -0.2) is 0 Å². The predicted octanol–water partition coefficient (Wildman–Crippen LogP) is 14.8. The quantitative estimate of drug-likeness (QED) is 0.162. The molecule has 0 saturated carbocycles. The summed E-state index contributed by atoms with van der Waals surface area (Å²) in [7, 11) is 0. The van der Waals surface area contributed by atoms with Gasteiger partial charge in [-0.3, -0.25) is 0 Å². The van der Waals surface area contributed by atoms with Crippen molar-refractivity contribution in [2.45, 2.75) is 38.5 Å². The Kier molecular flexibility index (Phi) is 6.46. The fraction of sp³-hybridized carbons (Fsp3) is 0.111. The highest BCUT2D eigenvalue weighted by Crippen LogP contribution is 2.59. The normalized spacial score (nSPS) is 14.6. The highest BCUT2D eigenvalue weighted by molar-refractivity contribution is 6.20. The van der Waals surface area contributed by atoms with Gasteiger partial charge in [-0.05, 0) is 147 Å². The van der Waals surface area contributed by atoms with Gasteiger partial charge in [0.05, 0.1) is 0 Å². The maximum absolute atomic E-state index is 2.58. The van der Waals surface area contributed by atoms with Crippen LogP contribution in [0.4, 0.5) is 0 Å². The molecule has 11 rings (SSSR count). The smallest absolute Gasteiger partial charge is 0.0165 e. The van der Waals surface area contributed by atoms with E-state index in [9.17, 15) is 0 Å². The van der Waals surface area contributed by atoms with Crippen LogP contribution in [0.25, 0.3) is 88.0 Å². The molecule has 0 aliphatic heterocycles. The molecule has 9 aromatic carbocycles. The first kappa shape index (κ1) is 31.3. The first-order chi connectivity index (χ1) is 26.3. The van der Waals surface area contributed by atoms with Crippen molar-refractivity contribution in [3.05, 3.63) is 192 Å². The highest BCUT2D eigenvalue weighted by Gasteiger charge is 2.43. The van der Waals surface area contributed by atoms with Crippen LogP contribution in [0.2, 0.25) is 0 Å². The lowest BCUT2D eigenvalue weighted by Crippen LogP contribution is -2.17. The minimum Gasteiger partial charge on any atom is -0.0622 e. The third-order valence-electron chi connectivity index (χ3n) is 12.8. The zero-order chi connectivity index (χ0) is 36.3. The summed E-state index contributed by atoms with van der Waals surface area (Å²) in [5.74, 6) is 0. The average Bonchev–Trinajstić information content (AvgIpc) is 3.59. The number of fused-ring (bicyclic) bond motifs is 12. The maximum Gasteiger partial charge on any atom is 0.0165 e. The molecule has 256 valence electrons. The molecule has 54 heavy (non-hydrogen) atoms. The Hall–Kier alpha value is -6.24. The minimum atomic E-state index is -0.206. The van der Waals surface area contributed by atoms with E-state index in [-0.39, 0.29) is 10.8 Å². The molecule has 0 amide bonds. The number of hydrogen-bond acceptors (Lipinski definition) is 0. The van der Waals surface area contributed by atoms with Gasteiger partial charge in [-0.15, -0.1) is 0 Å². The summed E-state index contributed by atoms with van der Waals surface area (Å²) in [4.78, 5) is 0. The lowest BCUT2D eigenvalue weighted by atomic mass is 9.77. The summed E-state index contributed by atoms with van der Waals surface area (Å²) in [6.45, 7) is 9.76. The van der Waals surface area contributed by atoms with E-state index in [0.717, 1.165) is 0 Å². The topological polar surface area (TPSA) is 0 Å². The lowest BCUT2D eigenvalue weighted by molar-refractivity contribution is 0.654. The lowest BCUT2D eigenvalue weighted by Gasteiger charge is -2.25. The van der Waals surface area contributed by atoms with Crippen molar-refractivity contribution >= 4 is 32.3 Å². The molecule has 0 saturated heterocycles. The molecule has 0 nitrogen and oxygen atoms in total. The van der Waals surface area contributed by atoms with E-state index in [0.29, 0.717) is 0 Å². The Morgan fingerprint density at radius 2 is 0.796 bits per heavy atom. The van der Waals surface area contributed by atoms with Crippen LogP contribution in [0, 0.1) is 0 Å². The van der Waals surface area contributed by atoms with Gasteiger partial charge in [-0.1, -0.05) is 161 Å². The van der Waals surface area contributed by atoms with Crippen LogP contribution in [-0.4, -0.2) is 0 Å². The second kappa shape index (κ2) is 11.1. The van der Waals surface area contributed by atoms with Gasteiger partial charge >= 0.3 is 0 Å². The van der Waals surface area contributed by atoms with E-state index in [2.05, 4.69) is 198 Å².